The van der Waals surface area contributed by atoms with Gasteiger partial charge in [0.2, 0.25) is 0 Å². The van der Waals surface area contributed by atoms with E-state index in [4.69, 9.17) is 4.74 Å². The zero-order valence-electron chi connectivity index (χ0n) is 8.95. The highest BCUT2D eigenvalue weighted by atomic mass is 16.5. The number of carbonyl (C=O) groups excluding carboxylic acids is 1. The molecule has 0 aromatic carbocycles. The van der Waals surface area contributed by atoms with Crippen molar-refractivity contribution in [3.05, 3.63) is 23.8 Å². The summed E-state index contributed by atoms with van der Waals surface area (Å²) in [6.07, 6.45) is 11.1. The van der Waals surface area contributed by atoms with Crippen LogP contribution in [-0.2, 0) is 9.53 Å². The van der Waals surface area contributed by atoms with E-state index in [2.05, 4.69) is 12.2 Å². The summed E-state index contributed by atoms with van der Waals surface area (Å²) < 4.78 is 4.99. The van der Waals surface area contributed by atoms with Gasteiger partial charge >= 0.3 is 5.97 Å². The number of carbonyl (C=O) groups is 1. The minimum atomic E-state index is -0.222. The highest BCUT2D eigenvalue weighted by molar-refractivity contribution is 5.66. The molecule has 0 spiro atoms. The third-order valence-electron chi connectivity index (χ3n) is 2.26. The predicted octanol–water partition coefficient (Wildman–Crippen LogP) is 2.99. The monoisotopic (exact) mass is 194 g/mol. The Bertz CT molecular complexity index is 251. The molecule has 0 aromatic heterocycles. The van der Waals surface area contributed by atoms with Gasteiger partial charge in [-0.05, 0) is 38.7 Å². The van der Waals surface area contributed by atoms with E-state index in [1.54, 1.807) is 0 Å². The van der Waals surface area contributed by atoms with Crippen LogP contribution in [0.5, 0.6) is 0 Å². The van der Waals surface area contributed by atoms with Crippen LogP contribution < -0.4 is 0 Å². The van der Waals surface area contributed by atoms with E-state index in [1.165, 1.54) is 31.8 Å². The van der Waals surface area contributed by atoms with E-state index in [-0.39, 0.29) is 12.1 Å². The Morgan fingerprint density at radius 2 is 2.36 bits per heavy atom. The molecule has 0 amide bonds. The van der Waals surface area contributed by atoms with E-state index in [0.29, 0.717) is 0 Å². The van der Waals surface area contributed by atoms with Crippen LogP contribution >= 0.6 is 0 Å². The van der Waals surface area contributed by atoms with Crippen molar-refractivity contribution in [3.63, 3.8) is 0 Å². The molecule has 1 aliphatic rings. The van der Waals surface area contributed by atoms with Crippen molar-refractivity contribution in [3.8, 4) is 0 Å². The summed E-state index contributed by atoms with van der Waals surface area (Å²) in [5.41, 5.74) is 1.37. The number of allylic oxidation sites excluding steroid dienone is 3. The standard InChI is InChI=1S/C12H18O2/c1-10(14-11(2)13)8-9-12-6-4-3-5-7-12/h6,8-10H,3-5,7H2,1-2H3/b9-8+/t10-/m1/s1. The van der Waals surface area contributed by atoms with E-state index in [9.17, 15) is 4.79 Å². The van der Waals surface area contributed by atoms with Crippen LogP contribution in [0.15, 0.2) is 23.8 Å². The van der Waals surface area contributed by atoms with Crippen LogP contribution in [0.25, 0.3) is 0 Å². The number of hydrogen-bond donors (Lipinski definition) is 0. The van der Waals surface area contributed by atoms with Gasteiger partial charge in [0.1, 0.15) is 6.10 Å². The maximum atomic E-state index is 10.6. The van der Waals surface area contributed by atoms with Crippen LogP contribution in [0.3, 0.4) is 0 Å². The molecular weight excluding hydrogens is 176 g/mol. The van der Waals surface area contributed by atoms with Crippen LogP contribution in [0.4, 0.5) is 0 Å². The lowest BCUT2D eigenvalue weighted by Gasteiger charge is -2.10. The molecule has 1 rings (SSSR count). The molecule has 0 radical (unpaired) electrons. The van der Waals surface area contributed by atoms with Gasteiger partial charge in [0.15, 0.2) is 0 Å². The second-order valence-corrected chi connectivity index (χ2v) is 3.70. The minimum absolute atomic E-state index is 0.115. The van der Waals surface area contributed by atoms with Crippen LogP contribution in [-0.4, -0.2) is 12.1 Å². The number of esters is 1. The molecule has 0 unspecified atom stereocenters. The van der Waals surface area contributed by atoms with Crippen molar-refractivity contribution in [2.45, 2.75) is 45.6 Å². The normalized spacial score (nSPS) is 19.1. The molecule has 2 nitrogen and oxygen atoms in total. The average Bonchev–Trinajstić information content (AvgIpc) is 2.15. The highest BCUT2D eigenvalue weighted by Crippen LogP contribution is 2.18. The van der Waals surface area contributed by atoms with Gasteiger partial charge in [-0.1, -0.05) is 17.7 Å². The first-order chi connectivity index (χ1) is 6.68. The summed E-state index contributed by atoms with van der Waals surface area (Å²) in [6.45, 7) is 3.31. The van der Waals surface area contributed by atoms with Crippen molar-refractivity contribution < 1.29 is 9.53 Å². The molecule has 0 heterocycles. The fourth-order valence-electron chi connectivity index (χ4n) is 1.57. The molecule has 0 saturated carbocycles. The highest BCUT2D eigenvalue weighted by Gasteiger charge is 2.02. The molecule has 0 aliphatic heterocycles. The quantitative estimate of drug-likeness (QED) is 0.645. The summed E-state index contributed by atoms with van der Waals surface area (Å²) in [4.78, 5) is 10.6. The van der Waals surface area contributed by atoms with Gasteiger partial charge in [-0.3, -0.25) is 4.79 Å². The van der Waals surface area contributed by atoms with E-state index in [0.717, 1.165) is 6.42 Å². The lowest BCUT2D eigenvalue weighted by Crippen LogP contribution is -2.08. The van der Waals surface area contributed by atoms with Crippen molar-refractivity contribution in [2.75, 3.05) is 0 Å². The topological polar surface area (TPSA) is 26.3 Å². The number of rotatable bonds is 3. The fraction of sp³-hybridized carbons (Fsp3) is 0.583. The Morgan fingerprint density at radius 3 is 2.93 bits per heavy atom. The van der Waals surface area contributed by atoms with Crippen LogP contribution in [0.1, 0.15) is 39.5 Å². The molecule has 14 heavy (non-hydrogen) atoms. The van der Waals surface area contributed by atoms with Gasteiger partial charge in [-0.15, -0.1) is 0 Å². The third-order valence-corrected chi connectivity index (χ3v) is 2.26. The molecule has 0 bridgehead atoms. The summed E-state index contributed by atoms with van der Waals surface area (Å²) in [6, 6.07) is 0. The van der Waals surface area contributed by atoms with Crippen molar-refractivity contribution >= 4 is 5.97 Å². The Morgan fingerprint density at radius 1 is 1.57 bits per heavy atom. The Hall–Kier alpha value is -1.05. The van der Waals surface area contributed by atoms with Crippen LogP contribution in [0.2, 0.25) is 0 Å². The Labute approximate surface area is 85.6 Å². The van der Waals surface area contributed by atoms with Gasteiger partial charge in [-0.25, -0.2) is 0 Å². The summed E-state index contributed by atoms with van der Waals surface area (Å²) in [7, 11) is 0. The molecule has 0 fully saturated rings. The lowest BCUT2D eigenvalue weighted by atomic mass is 9.99. The van der Waals surface area contributed by atoms with Gasteiger partial charge in [0, 0.05) is 6.92 Å². The molecule has 0 aromatic rings. The first kappa shape index (κ1) is 11.0. The molecule has 2 heteroatoms. The Kier molecular flexibility index (Phi) is 4.44. The summed E-state index contributed by atoms with van der Waals surface area (Å²) >= 11 is 0. The van der Waals surface area contributed by atoms with E-state index >= 15 is 0 Å². The first-order valence-corrected chi connectivity index (χ1v) is 5.23. The smallest absolute Gasteiger partial charge is 0.303 e. The van der Waals surface area contributed by atoms with E-state index < -0.39 is 0 Å². The third kappa shape index (κ3) is 4.26. The van der Waals surface area contributed by atoms with Gasteiger partial charge in [0.25, 0.3) is 0 Å². The molecule has 0 N–H and O–H groups in total. The average molecular weight is 194 g/mol. The van der Waals surface area contributed by atoms with Crippen molar-refractivity contribution in [1.29, 1.82) is 0 Å². The number of ether oxygens (including phenoxy) is 1. The van der Waals surface area contributed by atoms with Gasteiger partial charge in [0.05, 0.1) is 0 Å². The minimum Gasteiger partial charge on any atom is -0.459 e. The first-order valence-electron chi connectivity index (χ1n) is 5.23. The summed E-state index contributed by atoms with van der Waals surface area (Å²) in [5.74, 6) is -0.222. The van der Waals surface area contributed by atoms with Crippen molar-refractivity contribution in [2.24, 2.45) is 0 Å². The van der Waals surface area contributed by atoms with E-state index in [1.807, 2.05) is 13.0 Å². The SMILES string of the molecule is CC(=O)O[C@H](C)/C=C/C1=CCCCC1. The molecule has 78 valence electrons. The molecule has 1 aliphatic carbocycles. The van der Waals surface area contributed by atoms with Gasteiger partial charge < -0.3 is 4.74 Å². The second-order valence-electron chi connectivity index (χ2n) is 3.70. The van der Waals surface area contributed by atoms with Crippen molar-refractivity contribution in [1.82, 2.24) is 0 Å². The van der Waals surface area contributed by atoms with Crippen LogP contribution in [0, 0.1) is 0 Å². The second kappa shape index (κ2) is 5.63. The zero-order chi connectivity index (χ0) is 10.4. The molecule has 0 saturated heterocycles. The Balaban J connectivity index is 2.37. The maximum absolute atomic E-state index is 10.6. The largest absolute Gasteiger partial charge is 0.459 e. The number of hydrogen-bond acceptors (Lipinski definition) is 2. The predicted molar refractivity (Wildman–Crippen MR) is 56.9 cm³/mol. The van der Waals surface area contributed by atoms with Gasteiger partial charge in [-0.2, -0.15) is 0 Å². The molecular formula is C12H18O2. The fourth-order valence-corrected chi connectivity index (χ4v) is 1.57. The lowest BCUT2D eigenvalue weighted by molar-refractivity contribution is -0.143. The maximum Gasteiger partial charge on any atom is 0.303 e. The summed E-state index contributed by atoms with van der Waals surface area (Å²) in [5, 5.41) is 0. The molecule has 1 atom stereocenters. The zero-order valence-corrected chi connectivity index (χ0v) is 8.95.